The highest BCUT2D eigenvalue weighted by molar-refractivity contribution is 7.89. The fraction of sp³-hybridized carbons (Fsp3) is 0.250. The number of rotatable bonds is 7. The fourth-order valence-corrected chi connectivity index (χ4v) is 4.04. The number of methoxy groups -OCH3 is 1. The zero-order chi connectivity index (χ0) is 20.3. The maximum atomic E-state index is 12.8. The molecule has 0 aliphatic rings. The van der Waals surface area contributed by atoms with Crippen LogP contribution in [0, 0.1) is 0 Å². The lowest BCUT2D eigenvalue weighted by Gasteiger charge is -2.15. The average Bonchev–Trinajstić information content (AvgIpc) is 3.05. The molecule has 0 aliphatic heterocycles. The number of nitrogens with zero attached hydrogens (tertiary/aromatic N) is 1. The Balaban J connectivity index is 1.88. The van der Waals surface area contributed by atoms with Crippen molar-refractivity contribution in [1.29, 1.82) is 0 Å². The van der Waals surface area contributed by atoms with Crippen molar-refractivity contribution in [1.82, 2.24) is 9.62 Å². The third-order valence-corrected chi connectivity index (χ3v) is 6.28. The Morgan fingerprint density at radius 3 is 2.50 bits per heavy atom. The lowest BCUT2D eigenvalue weighted by Crippen LogP contribution is -2.27. The summed E-state index contributed by atoms with van der Waals surface area (Å²) in [5.74, 6) is -0.267. The van der Waals surface area contributed by atoms with Crippen molar-refractivity contribution in [2.24, 2.45) is 0 Å². The van der Waals surface area contributed by atoms with E-state index in [9.17, 15) is 13.2 Å². The van der Waals surface area contributed by atoms with E-state index in [1.165, 1.54) is 20.2 Å². The lowest BCUT2D eigenvalue weighted by atomic mass is 10.1. The highest BCUT2D eigenvalue weighted by Gasteiger charge is 2.23. The van der Waals surface area contributed by atoms with Crippen LogP contribution in [0.2, 0.25) is 0 Å². The Morgan fingerprint density at radius 2 is 1.79 bits per heavy atom. The Bertz CT molecular complexity index is 1100. The molecule has 0 fully saturated rings. The Hall–Kier alpha value is -2.68. The largest absolute Gasteiger partial charge is 0.451 e. The first kappa shape index (κ1) is 20.1. The molecule has 0 bridgehead atoms. The molecular formula is C20H22N2O5S. The molecule has 148 valence electrons. The van der Waals surface area contributed by atoms with E-state index in [0.717, 1.165) is 9.69 Å². The number of amides is 1. The van der Waals surface area contributed by atoms with Gasteiger partial charge in [0.05, 0.1) is 11.5 Å². The van der Waals surface area contributed by atoms with Crippen LogP contribution in [0.15, 0.2) is 57.8 Å². The van der Waals surface area contributed by atoms with Crippen LogP contribution in [0.3, 0.4) is 0 Å². The number of carbonyl (C=O) groups excluding carboxylic acids is 1. The standard InChI is InChI=1S/C20H22N2O5S/c1-22(2)28(24,25)18-11-7-4-8-14(18)12-21-20(23)19-16(13-26-3)15-9-5-6-10-17(15)27-19/h4-11H,12-13H2,1-3H3,(H,21,23). The number of ether oxygens (including phenoxy) is 1. The number of benzene rings is 2. The van der Waals surface area contributed by atoms with Gasteiger partial charge in [0.25, 0.3) is 5.91 Å². The molecule has 0 saturated carbocycles. The minimum Gasteiger partial charge on any atom is -0.451 e. The number of furan rings is 1. The van der Waals surface area contributed by atoms with Gasteiger partial charge in [-0.15, -0.1) is 0 Å². The third kappa shape index (κ3) is 3.80. The van der Waals surface area contributed by atoms with Gasteiger partial charge in [0.2, 0.25) is 10.0 Å². The molecule has 0 unspecified atom stereocenters. The fourth-order valence-electron chi connectivity index (χ4n) is 2.92. The number of para-hydroxylation sites is 1. The summed E-state index contributed by atoms with van der Waals surface area (Å²) in [4.78, 5) is 12.9. The molecule has 3 rings (SSSR count). The number of sulfonamides is 1. The van der Waals surface area contributed by atoms with Gasteiger partial charge in [0.15, 0.2) is 5.76 Å². The van der Waals surface area contributed by atoms with Crippen LogP contribution in [0.25, 0.3) is 11.0 Å². The zero-order valence-corrected chi connectivity index (χ0v) is 16.7. The van der Waals surface area contributed by atoms with Gasteiger partial charge in [0.1, 0.15) is 5.58 Å². The van der Waals surface area contributed by atoms with Gasteiger partial charge in [-0.05, 0) is 17.7 Å². The van der Waals surface area contributed by atoms with Crippen LogP contribution in [-0.4, -0.2) is 39.8 Å². The maximum absolute atomic E-state index is 12.8. The van der Waals surface area contributed by atoms with Gasteiger partial charge in [-0.25, -0.2) is 12.7 Å². The molecule has 0 radical (unpaired) electrons. The molecule has 28 heavy (non-hydrogen) atoms. The second-order valence-corrected chi connectivity index (χ2v) is 8.54. The number of hydrogen-bond acceptors (Lipinski definition) is 5. The minimum atomic E-state index is -3.62. The van der Waals surface area contributed by atoms with E-state index in [2.05, 4.69) is 5.32 Å². The first-order chi connectivity index (χ1) is 13.4. The maximum Gasteiger partial charge on any atom is 0.287 e. The summed E-state index contributed by atoms with van der Waals surface area (Å²) in [6.07, 6.45) is 0. The van der Waals surface area contributed by atoms with Gasteiger partial charge >= 0.3 is 0 Å². The molecular weight excluding hydrogens is 380 g/mol. The molecule has 7 nitrogen and oxygen atoms in total. The average molecular weight is 402 g/mol. The Morgan fingerprint density at radius 1 is 1.11 bits per heavy atom. The highest BCUT2D eigenvalue weighted by Crippen LogP contribution is 2.27. The summed E-state index contributed by atoms with van der Waals surface area (Å²) in [5.41, 5.74) is 1.74. The van der Waals surface area contributed by atoms with Crippen molar-refractivity contribution in [3.8, 4) is 0 Å². The molecule has 1 N–H and O–H groups in total. The molecule has 1 heterocycles. The van der Waals surface area contributed by atoms with Crippen LogP contribution < -0.4 is 5.32 Å². The Kier molecular flexibility index (Phi) is 5.83. The van der Waals surface area contributed by atoms with Gasteiger partial charge in [-0.2, -0.15) is 0 Å². The quantitative estimate of drug-likeness (QED) is 0.656. The lowest BCUT2D eigenvalue weighted by molar-refractivity contribution is 0.0918. The first-order valence-corrected chi connectivity index (χ1v) is 10.1. The van der Waals surface area contributed by atoms with Crippen LogP contribution in [-0.2, 0) is 27.9 Å². The van der Waals surface area contributed by atoms with Gasteiger partial charge in [-0.1, -0.05) is 36.4 Å². The van der Waals surface area contributed by atoms with Gasteiger partial charge in [0, 0.05) is 38.7 Å². The summed E-state index contributed by atoms with van der Waals surface area (Å²) in [7, 11) is 0.865. The molecule has 0 atom stereocenters. The number of carbonyl (C=O) groups is 1. The molecule has 0 spiro atoms. The molecule has 0 aliphatic carbocycles. The molecule has 0 saturated heterocycles. The summed E-state index contributed by atoms with van der Waals surface area (Å²) >= 11 is 0. The van der Waals surface area contributed by atoms with Crippen LogP contribution in [0.5, 0.6) is 0 Å². The zero-order valence-electron chi connectivity index (χ0n) is 15.9. The molecule has 1 aromatic heterocycles. The second kappa shape index (κ2) is 8.14. The number of nitrogens with one attached hydrogen (secondary N) is 1. The smallest absolute Gasteiger partial charge is 0.287 e. The predicted molar refractivity (Wildman–Crippen MR) is 105 cm³/mol. The summed E-state index contributed by atoms with van der Waals surface area (Å²) in [5, 5.41) is 3.57. The number of fused-ring (bicyclic) bond motifs is 1. The van der Waals surface area contributed by atoms with Crippen molar-refractivity contribution in [2.45, 2.75) is 18.0 Å². The van der Waals surface area contributed by atoms with Crippen molar-refractivity contribution < 1.29 is 22.4 Å². The molecule has 8 heteroatoms. The van der Waals surface area contributed by atoms with E-state index in [0.29, 0.717) is 16.7 Å². The van der Waals surface area contributed by atoms with Gasteiger partial charge < -0.3 is 14.5 Å². The van der Waals surface area contributed by atoms with E-state index < -0.39 is 15.9 Å². The molecule has 1 amide bonds. The van der Waals surface area contributed by atoms with Crippen molar-refractivity contribution in [3.63, 3.8) is 0 Å². The van der Waals surface area contributed by atoms with Crippen molar-refractivity contribution >= 4 is 26.9 Å². The third-order valence-electron chi connectivity index (χ3n) is 4.36. The van der Waals surface area contributed by atoms with Gasteiger partial charge in [-0.3, -0.25) is 4.79 Å². The van der Waals surface area contributed by atoms with E-state index in [1.807, 2.05) is 18.2 Å². The summed E-state index contributed by atoms with van der Waals surface area (Å²) in [6.45, 7) is 0.275. The number of hydrogen-bond donors (Lipinski definition) is 1. The van der Waals surface area contributed by atoms with E-state index in [4.69, 9.17) is 9.15 Å². The van der Waals surface area contributed by atoms with Crippen molar-refractivity contribution in [3.05, 3.63) is 65.4 Å². The second-order valence-electron chi connectivity index (χ2n) is 6.42. The Labute approximate surface area is 163 Å². The van der Waals surface area contributed by atoms with Crippen molar-refractivity contribution in [2.75, 3.05) is 21.2 Å². The summed E-state index contributed by atoms with van der Waals surface area (Å²) < 4.78 is 37.1. The topological polar surface area (TPSA) is 88.8 Å². The normalized spacial score (nSPS) is 11.9. The van der Waals surface area contributed by atoms with Crippen LogP contribution in [0.4, 0.5) is 0 Å². The highest BCUT2D eigenvalue weighted by atomic mass is 32.2. The first-order valence-electron chi connectivity index (χ1n) is 8.64. The van der Waals surface area contributed by atoms with E-state index >= 15 is 0 Å². The van der Waals surface area contributed by atoms with E-state index in [1.54, 1.807) is 31.4 Å². The minimum absolute atomic E-state index is 0.0472. The van der Waals surface area contributed by atoms with Crippen LogP contribution >= 0.6 is 0 Å². The summed E-state index contributed by atoms with van der Waals surface area (Å²) in [6, 6.07) is 13.9. The van der Waals surface area contributed by atoms with Crippen LogP contribution in [0.1, 0.15) is 21.7 Å². The van der Waals surface area contributed by atoms with E-state index in [-0.39, 0.29) is 23.8 Å². The SMILES string of the molecule is COCc1c(C(=O)NCc2ccccc2S(=O)(=O)N(C)C)oc2ccccc12. The molecule has 2 aromatic carbocycles. The monoisotopic (exact) mass is 402 g/mol. The predicted octanol–water partition coefficient (Wildman–Crippen LogP) is 2.76. The molecule has 3 aromatic rings.